The Morgan fingerprint density at radius 3 is 2.55 bits per heavy atom. The number of alkyl halides is 3. The summed E-state index contributed by atoms with van der Waals surface area (Å²) in [7, 11) is 0. The van der Waals surface area contributed by atoms with Crippen molar-refractivity contribution in [3.05, 3.63) is 48.0 Å². The first-order chi connectivity index (χ1) is 13.9. The SMILES string of the molecule is CCn1c(SCc2ccc(OC(F)(F)F)cc2)nnc1-c1ccc2c(c1)OCO2. The van der Waals surface area contributed by atoms with Crippen LogP contribution in [0.4, 0.5) is 13.2 Å². The summed E-state index contributed by atoms with van der Waals surface area (Å²) < 4.78 is 53.4. The van der Waals surface area contributed by atoms with Gasteiger partial charge in [-0.15, -0.1) is 23.4 Å². The molecule has 3 aromatic rings. The fourth-order valence-corrected chi connectivity index (χ4v) is 3.82. The van der Waals surface area contributed by atoms with Gasteiger partial charge in [-0.05, 0) is 42.8 Å². The number of aromatic nitrogens is 3. The van der Waals surface area contributed by atoms with Gasteiger partial charge in [-0.25, -0.2) is 0 Å². The van der Waals surface area contributed by atoms with Crippen LogP contribution in [0.15, 0.2) is 47.6 Å². The second-order valence-electron chi connectivity index (χ2n) is 6.10. The van der Waals surface area contributed by atoms with E-state index in [4.69, 9.17) is 9.47 Å². The number of hydrogen-bond acceptors (Lipinski definition) is 6. The lowest BCUT2D eigenvalue weighted by atomic mass is 10.2. The first kappa shape index (κ1) is 19.4. The minimum atomic E-state index is -4.70. The Morgan fingerprint density at radius 2 is 1.83 bits per heavy atom. The highest BCUT2D eigenvalue weighted by atomic mass is 32.2. The van der Waals surface area contributed by atoms with Gasteiger partial charge in [0, 0.05) is 17.9 Å². The molecule has 6 nitrogen and oxygen atoms in total. The van der Waals surface area contributed by atoms with E-state index in [2.05, 4.69) is 14.9 Å². The third kappa shape index (κ3) is 4.42. The fourth-order valence-electron chi connectivity index (χ4n) is 2.86. The molecule has 152 valence electrons. The van der Waals surface area contributed by atoms with Gasteiger partial charge in [0.05, 0.1) is 0 Å². The van der Waals surface area contributed by atoms with Crippen LogP contribution in [0.2, 0.25) is 0 Å². The summed E-state index contributed by atoms with van der Waals surface area (Å²) >= 11 is 1.46. The Labute approximate surface area is 168 Å². The largest absolute Gasteiger partial charge is 0.573 e. The maximum absolute atomic E-state index is 12.3. The Bertz CT molecular complexity index is 1010. The predicted octanol–water partition coefficient (Wildman–Crippen LogP) is 4.88. The van der Waals surface area contributed by atoms with Crippen LogP contribution in [0.3, 0.4) is 0 Å². The quantitative estimate of drug-likeness (QED) is 0.527. The molecule has 0 bridgehead atoms. The molecule has 2 aromatic carbocycles. The van der Waals surface area contributed by atoms with Crippen LogP contribution in [0.5, 0.6) is 17.2 Å². The molecule has 0 amide bonds. The summed E-state index contributed by atoms with van der Waals surface area (Å²) in [4.78, 5) is 0. The summed E-state index contributed by atoms with van der Waals surface area (Å²) in [5.74, 6) is 2.37. The van der Waals surface area contributed by atoms with Gasteiger partial charge < -0.3 is 18.8 Å². The van der Waals surface area contributed by atoms with Crippen LogP contribution in [0.25, 0.3) is 11.4 Å². The number of hydrogen-bond donors (Lipinski definition) is 0. The third-order valence-corrected chi connectivity index (χ3v) is 5.23. The summed E-state index contributed by atoms with van der Waals surface area (Å²) in [6.07, 6.45) is -4.70. The fraction of sp³-hybridized carbons (Fsp3) is 0.263. The molecule has 1 aliphatic rings. The first-order valence-corrected chi connectivity index (χ1v) is 9.72. The minimum absolute atomic E-state index is 0.202. The van der Waals surface area contributed by atoms with Gasteiger partial charge >= 0.3 is 6.36 Å². The molecular weight excluding hydrogens is 407 g/mol. The number of nitrogens with zero attached hydrogens (tertiary/aromatic N) is 3. The van der Waals surface area contributed by atoms with E-state index >= 15 is 0 Å². The van der Waals surface area contributed by atoms with Gasteiger partial charge in [0.1, 0.15) is 5.75 Å². The van der Waals surface area contributed by atoms with E-state index in [9.17, 15) is 13.2 Å². The van der Waals surface area contributed by atoms with Gasteiger partial charge in [-0.2, -0.15) is 0 Å². The Balaban J connectivity index is 1.47. The van der Waals surface area contributed by atoms with Crippen molar-refractivity contribution in [2.75, 3.05) is 6.79 Å². The summed E-state index contributed by atoms with van der Waals surface area (Å²) in [5, 5.41) is 9.29. The minimum Gasteiger partial charge on any atom is -0.454 e. The zero-order valence-electron chi connectivity index (χ0n) is 15.3. The molecule has 0 fully saturated rings. The number of fused-ring (bicyclic) bond motifs is 1. The monoisotopic (exact) mass is 423 g/mol. The van der Waals surface area contributed by atoms with Crippen LogP contribution in [-0.4, -0.2) is 27.9 Å². The molecule has 2 heterocycles. The lowest BCUT2D eigenvalue weighted by Gasteiger charge is -2.10. The predicted molar refractivity (Wildman–Crippen MR) is 99.9 cm³/mol. The van der Waals surface area contributed by atoms with E-state index in [1.165, 1.54) is 23.9 Å². The molecule has 0 unspecified atom stereocenters. The zero-order chi connectivity index (χ0) is 20.4. The van der Waals surface area contributed by atoms with Gasteiger partial charge in [0.2, 0.25) is 6.79 Å². The normalized spacial score (nSPS) is 13.0. The van der Waals surface area contributed by atoms with Crippen molar-refractivity contribution < 1.29 is 27.4 Å². The molecule has 29 heavy (non-hydrogen) atoms. The van der Waals surface area contributed by atoms with Crippen LogP contribution in [0, 0.1) is 0 Å². The lowest BCUT2D eigenvalue weighted by molar-refractivity contribution is -0.274. The second kappa shape index (κ2) is 7.86. The van der Waals surface area contributed by atoms with Crippen molar-refractivity contribution in [2.24, 2.45) is 0 Å². The van der Waals surface area contributed by atoms with Crippen LogP contribution in [0.1, 0.15) is 12.5 Å². The zero-order valence-corrected chi connectivity index (χ0v) is 16.1. The van der Waals surface area contributed by atoms with Crippen molar-refractivity contribution >= 4 is 11.8 Å². The average Bonchev–Trinajstić information content (AvgIpc) is 3.32. The molecular formula is C19H16F3N3O3S. The van der Waals surface area contributed by atoms with E-state index in [-0.39, 0.29) is 12.5 Å². The van der Waals surface area contributed by atoms with Crippen LogP contribution in [-0.2, 0) is 12.3 Å². The Hall–Kier alpha value is -2.88. The van der Waals surface area contributed by atoms with Crippen LogP contribution >= 0.6 is 11.8 Å². The maximum Gasteiger partial charge on any atom is 0.573 e. The molecule has 0 saturated carbocycles. The van der Waals surface area contributed by atoms with Crippen molar-refractivity contribution in [3.63, 3.8) is 0 Å². The third-order valence-electron chi connectivity index (χ3n) is 4.19. The second-order valence-corrected chi connectivity index (χ2v) is 7.04. The van der Waals surface area contributed by atoms with Crippen molar-refractivity contribution in [3.8, 4) is 28.6 Å². The van der Waals surface area contributed by atoms with Crippen molar-refractivity contribution in [2.45, 2.75) is 30.7 Å². The number of ether oxygens (including phenoxy) is 3. The van der Waals surface area contributed by atoms with Crippen molar-refractivity contribution in [1.82, 2.24) is 14.8 Å². The topological polar surface area (TPSA) is 58.4 Å². The van der Waals surface area contributed by atoms with Gasteiger partial charge in [-0.3, -0.25) is 0 Å². The Morgan fingerprint density at radius 1 is 1.07 bits per heavy atom. The highest BCUT2D eigenvalue weighted by Crippen LogP contribution is 2.36. The number of benzene rings is 2. The van der Waals surface area contributed by atoms with E-state index in [0.29, 0.717) is 29.6 Å². The van der Waals surface area contributed by atoms with Gasteiger partial charge in [0.15, 0.2) is 22.5 Å². The van der Waals surface area contributed by atoms with E-state index in [1.54, 1.807) is 12.1 Å². The molecule has 0 N–H and O–H groups in total. The molecule has 1 aliphatic heterocycles. The summed E-state index contributed by atoms with van der Waals surface area (Å²) in [5.41, 5.74) is 1.71. The Kier molecular flexibility index (Phi) is 5.27. The molecule has 0 saturated heterocycles. The summed E-state index contributed by atoms with van der Waals surface area (Å²) in [6, 6.07) is 11.4. The molecule has 0 radical (unpaired) electrons. The van der Waals surface area contributed by atoms with Crippen LogP contribution < -0.4 is 14.2 Å². The smallest absolute Gasteiger partial charge is 0.454 e. The molecule has 10 heteroatoms. The number of rotatable bonds is 6. The van der Waals surface area contributed by atoms with Gasteiger partial charge in [-0.1, -0.05) is 23.9 Å². The number of halogens is 3. The first-order valence-electron chi connectivity index (χ1n) is 8.73. The van der Waals surface area contributed by atoms with Gasteiger partial charge in [0.25, 0.3) is 0 Å². The van der Waals surface area contributed by atoms with E-state index in [0.717, 1.165) is 16.3 Å². The number of thioether (sulfide) groups is 1. The highest BCUT2D eigenvalue weighted by Gasteiger charge is 2.31. The molecule has 0 atom stereocenters. The van der Waals surface area contributed by atoms with E-state index in [1.807, 2.05) is 29.7 Å². The maximum atomic E-state index is 12.3. The summed E-state index contributed by atoms with van der Waals surface area (Å²) in [6.45, 7) is 2.86. The van der Waals surface area contributed by atoms with Crippen molar-refractivity contribution in [1.29, 1.82) is 0 Å². The highest BCUT2D eigenvalue weighted by molar-refractivity contribution is 7.98. The van der Waals surface area contributed by atoms with E-state index < -0.39 is 6.36 Å². The average molecular weight is 423 g/mol. The standard InChI is InChI=1S/C19H16F3N3O3S/c1-2-25-17(13-5-8-15-16(9-13)27-11-26-15)23-24-18(25)29-10-12-3-6-14(7-4-12)28-19(20,21)22/h3-9H,2,10-11H2,1H3. The lowest BCUT2D eigenvalue weighted by Crippen LogP contribution is -2.16. The molecule has 1 aromatic heterocycles. The molecule has 0 aliphatic carbocycles. The molecule has 4 rings (SSSR count). The molecule has 0 spiro atoms.